The Hall–Kier alpha value is -2.22. The van der Waals surface area contributed by atoms with E-state index in [-0.39, 0.29) is 30.5 Å². The lowest BCUT2D eigenvalue weighted by atomic mass is 9.75. The van der Waals surface area contributed by atoms with Gasteiger partial charge in [0.2, 0.25) is 0 Å². The maximum Gasteiger partial charge on any atom is 0.193 e. The Morgan fingerprint density at radius 1 is 1.22 bits per heavy atom. The highest BCUT2D eigenvalue weighted by Gasteiger charge is 2.48. The van der Waals surface area contributed by atoms with Gasteiger partial charge in [-0.3, -0.25) is 0 Å². The lowest BCUT2D eigenvalue weighted by Gasteiger charge is -2.37. The monoisotopic (exact) mass is 442 g/mol. The molecule has 0 spiro atoms. The van der Waals surface area contributed by atoms with Crippen LogP contribution in [0.1, 0.15) is 87.4 Å². The lowest BCUT2D eigenvalue weighted by molar-refractivity contribution is -0.0568. The first-order valence-electron chi connectivity index (χ1n) is 14.0. The molecule has 3 atom stereocenters. The topological polar surface area (TPSA) is 16.8 Å². The largest absolute Gasteiger partial charge is 0.358 e. The highest BCUT2D eigenvalue weighted by molar-refractivity contribution is 5.66. The molecule has 3 rings (SSSR count). The molecule has 2 aromatic carbocycles. The van der Waals surface area contributed by atoms with E-state index < -0.39 is 36.6 Å². The Morgan fingerprint density at radius 2 is 1.91 bits per heavy atom. The van der Waals surface area contributed by atoms with Gasteiger partial charge < -0.3 is 9.64 Å². The molecular formula is C28H37FN2O. The number of nitrogens with zero attached hydrogens (tertiary/aromatic N) is 2. The maximum absolute atomic E-state index is 14.9. The third-order valence-electron chi connectivity index (χ3n) is 6.75. The van der Waals surface area contributed by atoms with Crippen LogP contribution in [-0.2, 0) is 10.3 Å². The number of aryl methyl sites for hydroxylation is 1. The smallest absolute Gasteiger partial charge is 0.193 e. The minimum Gasteiger partial charge on any atom is -0.358 e. The molecule has 0 aliphatic carbocycles. The van der Waals surface area contributed by atoms with Crippen molar-refractivity contribution in [1.82, 2.24) is 4.90 Å². The van der Waals surface area contributed by atoms with Crippen molar-refractivity contribution in [3.05, 3.63) is 74.3 Å². The first kappa shape index (κ1) is 17.3. The maximum atomic E-state index is 14.9. The summed E-state index contributed by atoms with van der Waals surface area (Å²) in [7, 11) is 0. The second kappa shape index (κ2) is 8.96. The summed E-state index contributed by atoms with van der Waals surface area (Å²) in [6, 6.07) is -0.259. The van der Waals surface area contributed by atoms with Gasteiger partial charge in [0.15, 0.2) is 5.69 Å². The first-order valence-corrected chi connectivity index (χ1v) is 11.0. The summed E-state index contributed by atoms with van der Waals surface area (Å²) in [5, 5.41) is 0. The zero-order valence-electron chi connectivity index (χ0n) is 26.3. The molecule has 1 heterocycles. The number of fused-ring (bicyclic) bond motifs is 1. The second-order valence-corrected chi connectivity index (χ2v) is 9.38. The third-order valence-corrected chi connectivity index (χ3v) is 6.75. The molecule has 3 nitrogen and oxygen atoms in total. The highest BCUT2D eigenvalue weighted by atomic mass is 19.1. The Kier molecular flexibility index (Phi) is 4.84. The predicted octanol–water partition coefficient (Wildman–Crippen LogP) is 7.31. The van der Waals surface area contributed by atoms with E-state index >= 15 is 0 Å². The van der Waals surface area contributed by atoms with Gasteiger partial charge >= 0.3 is 0 Å². The molecule has 4 heteroatoms. The molecule has 0 aromatic heterocycles. The second-order valence-electron chi connectivity index (χ2n) is 9.38. The molecule has 2 aromatic rings. The third kappa shape index (κ3) is 3.98. The normalized spacial score (nSPS) is 24.6. The molecular weight excluding hydrogens is 399 g/mol. The summed E-state index contributed by atoms with van der Waals surface area (Å²) in [6.45, 7) is 19.1. The van der Waals surface area contributed by atoms with Crippen molar-refractivity contribution >= 4 is 5.69 Å². The van der Waals surface area contributed by atoms with Crippen LogP contribution in [0.4, 0.5) is 10.1 Å². The van der Waals surface area contributed by atoms with Gasteiger partial charge in [-0.1, -0.05) is 19.0 Å². The minimum atomic E-state index is -2.50. The summed E-state index contributed by atoms with van der Waals surface area (Å²) in [5.74, 6) is -1.08. The van der Waals surface area contributed by atoms with Crippen LogP contribution in [0.25, 0.3) is 4.85 Å². The van der Waals surface area contributed by atoms with Gasteiger partial charge in [0.25, 0.3) is 0 Å². The average Bonchev–Trinajstić information content (AvgIpc) is 3.05. The average molecular weight is 443 g/mol. The number of benzene rings is 2. The summed E-state index contributed by atoms with van der Waals surface area (Å²) < 4.78 is 71.3. The van der Waals surface area contributed by atoms with Crippen molar-refractivity contribution in [2.24, 2.45) is 5.92 Å². The molecule has 0 amide bonds. The first-order chi connectivity index (χ1) is 17.3. The number of rotatable bonds is 6. The Bertz CT molecular complexity index is 1270. The van der Waals surface area contributed by atoms with Crippen molar-refractivity contribution < 1.29 is 17.4 Å². The summed E-state index contributed by atoms with van der Waals surface area (Å²) in [5.41, 5.74) is 3.53. The molecule has 1 aliphatic heterocycles. The summed E-state index contributed by atoms with van der Waals surface area (Å²) in [6.07, 6.45) is -0.219. The fraction of sp³-hybridized carbons (Fsp3) is 0.536. The van der Waals surface area contributed by atoms with E-state index in [4.69, 9.17) is 19.5 Å². The fourth-order valence-electron chi connectivity index (χ4n) is 5.01. The van der Waals surface area contributed by atoms with Gasteiger partial charge in [-0.15, -0.1) is 0 Å². The lowest BCUT2D eigenvalue weighted by Crippen LogP contribution is -2.36. The van der Waals surface area contributed by atoms with Crippen molar-refractivity contribution in [3.63, 3.8) is 0 Å². The summed E-state index contributed by atoms with van der Waals surface area (Å²) >= 11 is 0. The van der Waals surface area contributed by atoms with Gasteiger partial charge in [-0.2, -0.15) is 0 Å². The van der Waals surface area contributed by atoms with Crippen molar-refractivity contribution in [2.75, 3.05) is 13.5 Å². The van der Waals surface area contributed by atoms with E-state index in [1.165, 1.54) is 13.8 Å². The number of hydrogen-bond acceptors (Lipinski definition) is 2. The Balaban J connectivity index is 2.34. The van der Waals surface area contributed by atoms with Gasteiger partial charge in [0.1, 0.15) is 11.4 Å². The van der Waals surface area contributed by atoms with Crippen LogP contribution >= 0.6 is 0 Å². The SMILES string of the molecule is [2H]c1c([2H])c([C@]2(CC(C)CN(C([2H])([2H])[2H])C([2H])(C)C)OC(C)c3c2cc(C)c([N+]#[C-])c3C)c(C)c(C)c1F. The number of hydrogen-bond donors (Lipinski definition) is 0. The van der Waals surface area contributed by atoms with E-state index in [2.05, 4.69) is 4.85 Å². The molecule has 0 radical (unpaired) electrons. The van der Waals surface area contributed by atoms with Crippen molar-refractivity contribution in [1.29, 1.82) is 0 Å². The van der Waals surface area contributed by atoms with Crippen LogP contribution in [0.15, 0.2) is 18.2 Å². The van der Waals surface area contributed by atoms with Crippen LogP contribution in [0.2, 0.25) is 0 Å². The standard InChI is InChI=1S/C28H37FN2O/c1-16(2)31(10)15-17(3)14-28(23-11-12-25(29)20(6)19(23)5)24-13-18(4)27(30-9)21(7)26(24)22(8)32-28/h11-13,16-17,22H,14-15H2,1-8,10H3/t17?,22?,28-/m0/s1/i10D3,11D,12D,16D. The van der Waals surface area contributed by atoms with Crippen LogP contribution in [0, 0.1) is 46.0 Å². The molecule has 172 valence electrons. The van der Waals surface area contributed by atoms with Crippen LogP contribution < -0.4 is 0 Å². The molecule has 0 fully saturated rings. The van der Waals surface area contributed by atoms with Gasteiger partial charge in [0, 0.05) is 18.0 Å². The molecule has 0 bridgehead atoms. The van der Waals surface area contributed by atoms with Crippen LogP contribution in [0.3, 0.4) is 0 Å². The van der Waals surface area contributed by atoms with Crippen LogP contribution in [0.5, 0.6) is 0 Å². The van der Waals surface area contributed by atoms with E-state index in [9.17, 15) is 4.39 Å². The van der Waals surface area contributed by atoms with E-state index in [1.807, 2.05) is 33.8 Å². The Morgan fingerprint density at radius 3 is 2.50 bits per heavy atom. The van der Waals surface area contributed by atoms with E-state index in [0.717, 1.165) is 27.2 Å². The Labute approximate surface area is 201 Å². The van der Waals surface area contributed by atoms with Crippen molar-refractivity contribution in [3.8, 4) is 0 Å². The van der Waals surface area contributed by atoms with E-state index in [0.29, 0.717) is 16.8 Å². The predicted molar refractivity (Wildman–Crippen MR) is 130 cm³/mol. The molecule has 1 aliphatic rings. The van der Waals surface area contributed by atoms with Gasteiger partial charge in [0.05, 0.1) is 15.4 Å². The van der Waals surface area contributed by atoms with Gasteiger partial charge in [-0.05, 0) is 113 Å². The molecule has 0 saturated heterocycles. The molecule has 0 saturated carbocycles. The molecule has 32 heavy (non-hydrogen) atoms. The van der Waals surface area contributed by atoms with E-state index in [1.54, 1.807) is 13.8 Å². The zero-order chi connectivity index (χ0) is 29.1. The number of ether oxygens (including phenoxy) is 1. The van der Waals surface area contributed by atoms with Crippen molar-refractivity contribution in [2.45, 2.75) is 79.5 Å². The molecule has 0 N–H and O–H groups in total. The highest BCUT2D eigenvalue weighted by Crippen LogP contribution is 2.54. The minimum absolute atomic E-state index is 0.0558. The summed E-state index contributed by atoms with van der Waals surface area (Å²) in [4.78, 5) is 4.88. The van der Waals surface area contributed by atoms with Gasteiger partial charge in [-0.25, -0.2) is 9.24 Å². The zero-order valence-corrected chi connectivity index (χ0v) is 20.3. The quantitative estimate of drug-likeness (QED) is 0.436. The molecule has 2 unspecified atom stereocenters. The van der Waals surface area contributed by atoms with Crippen LogP contribution in [-0.4, -0.2) is 24.4 Å². The number of halogens is 1. The fourth-order valence-corrected chi connectivity index (χ4v) is 5.01.